The van der Waals surface area contributed by atoms with Gasteiger partial charge in [0, 0.05) is 18.2 Å². The number of hydrogen-bond acceptors (Lipinski definition) is 2. The molecule has 0 saturated heterocycles. The highest BCUT2D eigenvalue weighted by atomic mass is 19.2. The van der Waals surface area contributed by atoms with Crippen LogP contribution in [0.25, 0.3) is 0 Å². The van der Waals surface area contributed by atoms with Gasteiger partial charge in [-0.15, -0.1) is 0 Å². The van der Waals surface area contributed by atoms with Crippen LogP contribution in [-0.2, 0) is 11.2 Å². The first-order valence-corrected chi connectivity index (χ1v) is 7.78. The summed E-state index contributed by atoms with van der Waals surface area (Å²) in [5, 5.41) is 9.71. The van der Waals surface area contributed by atoms with Crippen molar-refractivity contribution in [3.05, 3.63) is 52.9 Å². The summed E-state index contributed by atoms with van der Waals surface area (Å²) in [6, 6.07) is 4.13. The third kappa shape index (κ3) is 3.41. The number of aromatic nitrogens is 2. The van der Waals surface area contributed by atoms with Gasteiger partial charge in [0.25, 0.3) is 0 Å². The van der Waals surface area contributed by atoms with Gasteiger partial charge >= 0.3 is 0 Å². The molecule has 1 aliphatic carbocycles. The summed E-state index contributed by atoms with van der Waals surface area (Å²) >= 11 is 0. The van der Waals surface area contributed by atoms with Crippen molar-refractivity contribution < 1.29 is 13.6 Å². The SMILES string of the molecule is Cc1[nH]ncc1CCCNC(=O)[C@H]1C[C@H]1c1cccc(F)c1F. The summed E-state index contributed by atoms with van der Waals surface area (Å²) in [5.41, 5.74) is 2.49. The van der Waals surface area contributed by atoms with Crippen molar-refractivity contribution in [2.45, 2.75) is 32.1 Å². The lowest BCUT2D eigenvalue weighted by atomic mass is 10.1. The Morgan fingerprint density at radius 3 is 3.00 bits per heavy atom. The molecule has 1 aliphatic rings. The van der Waals surface area contributed by atoms with Crippen molar-refractivity contribution in [1.82, 2.24) is 15.5 Å². The number of hydrogen-bond donors (Lipinski definition) is 2. The molecule has 6 heteroatoms. The monoisotopic (exact) mass is 319 g/mol. The van der Waals surface area contributed by atoms with Crippen LogP contribution in [-0.4, -0.2) is 22.6 Å². The third-order valence-electron chi connectivity index (χ3n) is 4.36. The normalized spacial score (nSPS) is 19.6. The van der Waals surface area contributed by atoms with Crippen molar-refractivity contribution in [2.24, 2.45) is 5.92 Å². The molecule has 2 atom stereocenters. The molecule has 4 nitrogen and oxygen atoms in total. The molecule has 0 bridgehead atoms. The van der Waals surface area contributed by atoms with Crippen molar-refractivity contribution >= 4 is 5.91 Å². The van der Waals surface area contributed by atoms with Crippen LogP contribution in [0.3, 0.4) is 0 Å². The van der Waals surface area contributed by atoms with Gasteiger partial charge in [0.05, 0.1) is 6.20 Å². The molecule has 122 valence electrons. The van der Waals surface area contributed by atoms with Gasteiger partial charge in [0.1, 0.15) is 0 Å². The van der Waals surface area contributed by atoms with E-state index < -0.39 is 11.6 Å². The van der Waals surface area contributed by atoms with E-state index in [0.717, 1.165) is 30.2 Å². The first-order chi connectivity index (χ1) is 11.1. The van der Waals surface area contributed by atoms with Gasteiger partial charge in [-0.3, -0.25) is 9.89 Å². The van der Waals surface area contributed by atoms with Crippen molar-refractivity contribution in [3.8, 4) is 0 Å². The van der Waals surface area contributed by atoms with Gasteiger partial charge in [0.2, 0.25) is 5.91 Å². The first kappa shape index (κ1) is 15.6. The molecule has 0 radical (unpaired) electrons. The lowest BCUT2D eigenvalue weighted by Gasteiger charge is -2.06. The largest absolute Gasteiger partial charge is 0.356 e. The smallest absolute Gasteiger partial charge is 0.223 e. The molecule has 1 fully saturated rings. The maximum absolute atomic E-state index is 13.7. The molecule has 2 N–H and O–H groups in total. The zero-order valence-electron chi connectivity index (χ0n) is 12.9. The standard InChI is InChI=1S/C17H19F2N3O/c1-10-11(9-21-22-10)4-3-7-20-17(23)14-8-13(14)12-5-2-6-15(18)16(12)19/h2,5-6,9,13-14H,3-4,7-8H2,1H3,(H,20,23)(H,21,22)/t13-,14-/m0/s1. The Kier molecular flexibility index (Phi) is 4.41. The van der Waals surface area contributed by atoms with Gasteiger partial charge in [0.15, 0.2) is 11.6 Å². The second kappa shape index (κ2) is 6.48. The number of rotatable bonds is 6. The van der Waals surface area contributed by atoms with Crippen LogP contribution in [0.5, 0.6) is 0 Å². The molecule has 0 unspecified atom stereocenters. The maximum atomic E-state index is 13.7. The van der Waals surface area contributed by atoms with Gasteiger partial charge in [-0.2, -0.15) is 5.10 Å². The van der Waals surface area contributed by atoms with Gasteiger partial charge in [-0.25, -0.2) is 8.78 Å². The number of benzene rings is 1. The summed E-state index contributed by atoms with van der Waals surface area (Å²) in [6.07, 6.45) is 4.03. The van der Waals surface area contributed by atoms with Crippen LogP contribution in [0, 0.1) is 24.5 Å². The fourth-order valence-corrected chi connectivity index (χ4v) is 2.88. The number of halogens is 2. The Labute approximate surface area is 133 Å². The second-order valence-electron chi connectivity index (χ2n) is 6.01. The van der Waals surface area contributed by atoms with E-state index in [9.17, 15) is 13.6 Å². The number of nitrogens with zero attached hydrogens (tertiary/aromatic N) is 1. The van der Waals surface area contributed by atoms with E-state index in [1.54, 1.807) is 12.3 Å². The lowest BCUT2D eigenvalue weighted by molar-refractivity contribution is -0.122. The fraction of sp³-hybridized carbons (Fsp3) is 0.412. The number of carbonyl (C=O) groups excluding carboxylic acids is 1. The minimum atomic E-state index is -0.857. The van der Waals surface area contributed by atoms with Crippen LogP contribution < -0.4 is 5.32 Å². The molecule has 2 aromatic rings. The Morgan fingerprint density at radius 1 is 1.43 bits per heavy atom. The van der Waals surface area contributed by atoms with E-state index in [1.165, 1.54) is 6.07 Å². The van der Waals surface area contributed by atoms with Crippen LogP contribution in [0.4, 0.5) is 8.78 Å². The number of H-pyrrole nitrogens is 1. The summed E-state index contributed by atoms with van der Waals surface area (Å²) in [7, 11) is 0. The number of amides is 1. The minimum Gasteiger partial charge on any atom is -0.356 e. The van der Waals surface area contributed by atoms with Gasteiger partial charge < -0.3 is 5.32 Å². The van der Waals surface area contributed by atoms with E-state index in [-0.39, 0.29) is 17.7 Å². The topological polar surface area (TPSA) is 57.8 Å². The van der Waals surface area contributed by atoms with Gasteiger partial charge in [-0.1, -0.05) is 12.1 Å². The molecule has 1 aromatic carbocycles. The van der Waals surface area contributed by atoms with Crippen LogP contribution in [0.15, 0.2) is 24.4 Å². The Hall–Kier alpha value is -2.24. The Balaban J connectivity index is 1.45. The average molecular weight is 319 g/mol. The summed E-state index contributed by atoms with van der Waals surface area (Å²) < 4.78 is 26.9. The van der Waals surface area contributed by atoms with E-state index in [2.05, 4.69) is 15.5 Å². The van der Waals surface area contributed by atoms with E-state index in [1.807, 2.05) is 6.92 Å². The maximum Gasteiger partial charge on any atom is 0.223 e. The van der Waals surface area contributed by atoms with Gasteiger partial charge in [-0.05, 0) is 49.3 Å². The average Bonchev–Trinajstić information content (AvgIpc) is 3.22. The Bertz CT molecular complexity index is 714. The lowest BCUT2D eigenvalue weighted by Crippen LogP contribution is -2.26. The first-order valence-electron chi connectivity index (χ1n) is 7.78. The predicted molar refractivity (Wildman–Crippen MR) is 81.9 cm³/mol. The molecular weight excluding hydrogens is 300 g/mol. The number of carbonyl (C=O) groups is 1. The fourth-order valence-electron chi connectivity index (χ4n) is 2.88. The molecule has 3 rings (SSSR count). The number of aryl methyl sites for hydroxylation is 2. The van der Waals surface area contributed by atoms with Crippen LogP contribution >= 0.6 is 0 Å². The molecule has 1 saturated carbocycles. The molecular formula is C17H19F2N3O. The zero-order valence-corrected chi connectivity index (χ0v) is 12.9. The van der Waals surface area contributed by atoms with Crippen molar-refractivity contribution in [2.75, 3.05) is 6.54 Å². The second-order valence-corrected chi connectivity index (χ2v) is 6.01. The van der Waals surface area contributed by atoms with E-state index in [0.29, 0.717) is 18.5 Å². The summed E-state index contributed by atoms with van der Waals surface area (Å²) in [6.45, 7) is 2.53. The number of aromatic amines is 1. The Morgan fingerprint density at radius 2 is 2.26 bits per heavy atom. The molecule has 1 heterocycles. The quantitative estimate of drug-likeness (QED) is 0.805. The number of nitrogens with one attached hydrogen (secondary N) is 2. The summed E-state index contributed by atoms with van der Waals surface area (Å²) in [4.78, 5) is 12.1. The molecule has 1 amide bonds. The van der Waals surface area contributed by atoms with Crippen molar-refractivity contribution in [1.29, 1.82) is 0 Å². The molecule has 23 heavy (non-hydrogen) atoms. The highest BCUT2D eigenvalue weighted by Gasteiger charge is 2.45. The van der Waals surface area contributed by atoms with Crippen molar-refractivity contribution in [3.63, 3.8) is 0 Å². The summed E-state index contributed by atoms with van der Waals surface area (Å²) in [5.74, 6) is -2.22. The predicted octanol–water partition coefficient (Wildman–Crippen LogP) is 2.85. The highest BCUT2D eigenvalue weighted by Crippen LogP contribution is 2.48. The zero-order chi connectivity index (χ0) is 16.4. The van der Waals surface area contributed by atoms with E-state index in [4.69, 9.17) is 0 Å². The minimum absolute atomic E-state index is 0.0809. The third-order valence-corrected chi connectivity index (χ3v) is 4.36. The molecule has 0 aliphatic heterocycles. The molecule has 1 aromatic heterocycles. The van der Waals surface area contributed by atoms with Crippen LogP contribution in [0.2, 0.25) is 0 Å². The molecule has 0 spiro atoms. The highest BCUT2D eigenvalue weighted by molar-refractivity contribution is 5.82. The van der Waals surface area contributed by atoms with E-state index >= 15 is 0 Å². The van der Waals surface area contributed by atoms with Crippen LogP contribution in [0.1, 0.15) is 35.6 Å².